The Labute approximate surface area is 105 Å². The van der Waals surface area contributed by atoms with Gasteiger partial charge in [-0.2, -0.15) is 5.10 Å². The van der Waals surface area contributed by atoms with E-state index in [0.29, 0.717) is 17.4 Å². The molecule has 1 N–H and O–H groups in total. The molecule has 0 fully saturated rings. The van der Waals surface area contributed by atoms with Crippen LogP contribution in [-0.4, -0.2) is 30.2 Å². The number of hydrogen-bond acceptors (Lipinski definition) is 3. The molecule has 0 aliphatic carbocycles. The zero-order valence-corrected chi connectivity index (χ0v) is 11.1. The topological polar surface area (TPSA) is 72.4 Å². The number of aliphatic carboxylic acids is 1. The van der Waals surface area contributed by atoms with E-state index in [-0.39, 0.29) is 6.42 Å². The number of rotatable bonds is 4. The molecule has 0 amide bonds. The molecule has 0 aliphatic heterocycles. The highest BCUT2D eigenvalue weighted by Gasteiger charge is 2.18. The molecule has 0 bridgehead atoms. The Kier molecular flexibility index (Phi) is 3.11. The minimum absolute atomic E-state index is 0.0505. The minimum atomic E-state index is -0.865. The molecule has 2 rings (SSSR count). The van der Waals surface area contributed by atoms with E-state index in [9.17, 15) is 4.79 Å². The lowest BCUT2D eigenvalue weighted by Gasteiger charge is -2.03. The quantitative estimate of drug-likeness (QED) is 0.885. The second-order valence-corrected chi connectivity index (χ2v) is 5.00. The van der Waals surface area contributed by atoms with Crippen LogP contribution in [-0.2, 0) is 24.7 Å². The monoisotopic (exact) mass is 250 g/mol. The summed E-state index contributed by atoms with van der Waals surface area (Å²) in [5.41, 5.74) is 1.38. The Balaban J connectivity index is 2.52. The van der Waals surface area contributed by atoms with Gasteiger partial charge < -0.3 is 9.67 Å². The van der Waals surface area contributed by atoms with Crippen LogP contribution < -0.4 is 0 Å². The smallest absolute Gasteiger partial charge is 0.309 e. The maximum absolute atomic E-state index is 10.9. The van der Waals surface area contributed by atoms with E-state index in [1.165, 1.54) is 0 Å². The molecular weight excluding hydrogens is 232 g/mol. The average Bonchev–Trinajstić information content (AvgIpc) is 2.68. The molecule has 98 valence electrons. The molecule has 2 heterocycles. The number of nitrogens with zero attached hydrogens (tertiary/aromatic N) is 4. The predicted molar refractivity (Wildman–Crippen MR) is 66.6 cm³/mol. The lowest BCUT2D eigenvalue weighted by Crippen LogP contribution is -2.06. The molecule has 0 saturated carbocycles. The second kappa shape index (κ2) is 4.44. The van der Waals surface area contributed by atoms with Crippen molar-refractivity contribution in [1.29, 1.82) is 0 Å². The summed E-state index contributed by atoms with van der Waals surface area (Å²) in [6, 6.07) is 0. The van der Waals surface area contributed by atoms with Crippen LogP contribution in [0.25, 0.3) is 5.78 Å². The first-order valence-electron chi connectivity index (χ1n) is 6.01. The zero-order valence-electron chi connectivity index (χ0n) is 11.1. The van der Waals surface area contributed by atoms with Gasteiger partial charge in [0.25, 0.3) is 0 Å². The highest BCUT2D eigenvalue weighted by atomic mass is 16.4. The summed E-state index contributed by atoms with van der Waals surface area (Å²) in [7, 11) is 1.91. The standard InChI is InChI=1S/C12H18N4O2/c1-7(2)5-10-14-16-9(6-11(17)18)8(3)13-12(16)15(10)4/h7H,5-6H2,1-4H3,(H,17,18). The minimum Gasteiger partial charge on any atom is -0.481 e. The Morgan fingerprint density at radius 1 is 1.44 bits per heavy atom. The van der Waals surface area contributed by atoms with E-state index in [4.69, 9.17) is 5.11 Å². The van der Waals surface area contributed by atoms with Crippen molar-refractivity contribution in [2.45, 2.75) is 33.6 Å². The van der Waals surface area contributed by atoms with Crippen LogP contribution in [0.15, 0.2) is 0 Å². The van der Waals surface area contributed by atoms with Gasteiger partial charge in [0.05, 0.1) is 17.8 Å². The molecule has 0 unspecified atom stereocenters. The summed E-state index contributed by atoms with van der Waals surface area (Å²) in [5, 5.41) is 13.4. The Morgan fingerprint density at radius 3 is 2.67 bits per heavy atom. The highest BCUT2D eigenvalue weighted by Crippen LogP contribution is 2.15. The van der Waals surface area contributed by atoms with Gasteiger partial charge in [0, 0.05) is 13.5 Å². The first-order valence-corrected chi connectivity index (χ1v) is 6.01. The van der Waals surface area contributed by atoms with Crippen molar-refractivity contribution in [2.24, 2.45) is 13.0 Å². The third-order valence-electron chi connectivity index (χ3n) is 2.94. The van der Waals surface area contributed by atoms with E-state index in [2.05, 4.69) is 23.9 Å². The van der Waals surface area contributed by atoms with Crippen molar-refractivity contribution in [3.63, 3.8) is 0 Å². The Bertz CT molecular complexity index is 595. The van der Waals surface area contributed by atoms with Crippen molar-refractivity contribution in [1.82, 2.24) is 19.2 Å². The number of imidazole rings is 1. The normalized spacial score (nSPS) is 11.6. The first-order chi connectivity index (χ1) is 8.40. The zero-order chi connectivity index (χ0) is 13.4. The van der Waals surface area contributed by atoms with Crippen molar-refractivity contribution in [3.8, 4) is 0 Å². The van der Waals surface area contributed by atoms with Gasteiger partial charge in [-0.15, -0.1) is 0 Å². The van der Waals surface area contributed by atoms with E-state index < -0.39 is 5.97 Å². The number of aromatic nitrogens is 4. The molecular formula is C12H18N4O2. The summed E-state index contributed by atoms with van der Waals surface area (Å²) in [4.78, 5) is 15.3. The van der Waals surface area contributed by atoms with Gasteiger partial charge in [0.1, 0.15) is 5.82 Å². The molecule has 18 heavy (non-hydrogen) atoms. The van der Waals surface area contributed by atoms with Crippen LogP contribution >= 0.6 is 0 Å². The van der Waals surface area contributed by atoms with Crippen LogP contribution in [0.5, 0.6) is 0 Å². The summed E-state index contributed by atoms with van der Waals surface area (Å²) in [5.74, 6) is 1.27. The molecule has 2 aromatic heterocycles. The van der Waals surface area contributed by atoms with Gasteiger partial charge in [0.15, 0.2) is 0 Å². The number of fused-ring (bicyclic) bond motifs is 1. The van der Waals surface area contributed by atoms with E-state index in [0.717, 1.165) is 17.9 Å². The van der Waals surface area contributed by atoms with E-state index in [1.807, 2.05) is 18.5 Å². The number of aryl methyl sites for hydroxylation is 2. The first kappa shape index (κ1) is 12.6. The molecule has 0 spiro atoms. The molecule has 6 nitrogen and oxygen atoms in total. The van der Waals surface area contributed by atoms with Gasteiger partial charge in [-0.25, -0.2) is 9.50 Å². The van der Waals surface area contributed by atoms with Crippen molar-refractivity contribution in [2.75, 3.05) is 0 Å². The van der Waals surface area contributed by atoms with Crippen LogP contribution in [0.4, 0.5) is 0 Å². The van der Waals surface area contributed by atoms with Gasteiger partial charge in [-0.05, 0) is 12.8 Å². The maximum Gasteiger partial charge on any atom is 0.309 e. The van der Waals surface area contributed by atoms with Gasteiger partial charge in [0.2, 0.25) is 5.78 Å². The highest BCUT2D eigenvalue weighted by molar-refractivity contribution is 5.70. The van der Waals surface area contributed by atoms with Gasteiger partial charge in [-0.3, -0.25) is 4.79 Å². The molecule has 0 radical (unpaired) electrons. The molecule has 0 aromatic carbocycles. The summed E-state index contributed by atoms with van der Waals surface area (Å²) in [6.45, 7) is 6.07. The van der Waals surface area contributed by atoms with Crippen LogP contribution in [0.1, 0.15) is 31.1 Å². The third kappa shape index (κ3) is 2.10. The number of carbonyl (C=O) groups is 1. The predicted octanol–water partition coefficient (Wildman–Crippen LogP) is 1.20. The fourth-order valence-corrected chi connectivity index (χ4v) is 2.04. The second-order valence-electron chi connectivity index (χ2n) is 5.00. The fraction of sp³-hybridized carbons (Fsp3) is 0.583. The Morgan fingerprint density at radius 2 is 2.11 bits per heavy atom. The van der Waals surface area contributed by atoms with E-state index in [1.54, 1.807) is 4.52 Å². The molecule has 0 saturated heterocycles. The molecule has 0 aliphatic rings. The van der Waals surface area contributed by atoms with Gasteiger partial charge in [-0.1, -0.05) is 13.8 Å². The summed E-state index contributed by atoms with van der Waals surface area (Å²) in [6.07, 6.45) is 0.802. The van der Waals surface area contributed by atoms with Gasteiger partial charge >= 0.3 is 5.97 Å². The number of hydrogen-bond donors (Lipinski definition) is 1. The van der Waals surface area contributed by atoms with Crippen molar-refractivity contribution in [3.05, 3.63) is 17.2 Å². The van der Waals surface area contributed by atoms with Crippen molar-refractivity contribution < 1.29 is 9.90 Å². The molecule has 2 aromatic rings. The van der Waals surface area contributed by atoms with Crippen LogP contribution in [0.3, 0.4) is 0 Å². The number of carboxylic acids is 1. The third-order valence-corrected chi connectivity index (χ3v) is 2.94. The SMILES string of the molecule is Cc1nc2n(C)c(CC(C)C)nn2c1CC(=O)O. The average molecular weight is 250 g/mol. The molecule has 0 atom stereocenters. The maximum atomic E-state index is 10.9. The summed E-state index contributed by atoms with van der Waals surface area (Å²) >= 11 is 0. The van der Waals surface area contributed by atoms with Crippen LogP contribution in [0.2, 0.25) is 0 Å². The van der Waals surface area contributed by atoms with E-state index >= 15 is 0 Å². The van der Waals surface area contributed by atoms with Crippen molar-refractivity contribution >= 4 is 11.7 Å². The number of carboxylic acid groups (broad SMARTS) is 1. The Hall–Kier alpha value is -1.85. The summed E-state index contributed by atoms with van der Waals surface area (Å²) < 4.78 is 3.58. The lowest BCUT2D eigenvalue weighted by atomic mass is 10.1. The van der Waals surface area contributed by atoms with Crippen LogP contribution in [0, 0.1) is 12.8 Å². The largest absolute Gasteiger partial charge is 0.481 e. The lowest BCUT2D eigenvalue weighted by molar-refractivity contribution is -0.136. The fourth-order valence-electron chi connectivity index (χ4n) is 2.04. The molecule has 6 heteroatoms.